The molecule has 0 amide bonds. The Bertz CT molecular complexity index is 508. The molecular formula is C12H13N2O3. The van der Waals surface area contributed by atoms with Crippen LogP contribution in [0.15, 0.2) is 24.3 Å². The maximum Gasteiger partial charge on any atom is 0.239 e. The van der Waals surface area contributed by atoms with Crippen molar-refractivity contribution in [1.29, 1.82) is 0 Å². The van der Waals surface area contributed by atoms with E-state index in [-0.39, 0.29) is 0 Å². The number of aromatic nitrogens is 2. The molecule has 89 valence electrons. The summed E-state index contributed by atoms with van der Waals surface area (Å²) in [6.07, 6.45) is 2.86. The van der Waals surface area contributed by atoms with Gasteiger partial charge in [-0.2, -0.15) is 0 Å². The lowest BCUT2D eigenvalue weighted by atomic mass is 10.3. The fourth-order valence-electron chi connectivity index (χ4n) is 1.38. The average molecular weight is 233 g/mol. The van der Waals surface area contributed by atoms with Crippen molar-refractivity contribution in [1.82, 2.24) is 9.78 Å². The zero-order chi connectivity index (χ0) is 12.3. The third kappa shape index (κ3) is 2.50. The first-order valence-corrected chi connectivity index (χ1v) is 5.04. The van der Waals surface area contributed by atoms with Crippen LogP contribution in [0.25, 0.3) is 0 Å². The van der Waals surface area contributed by atoms with Gasteiger partial charge in [0.25, 0.3) is 0 Å². The zero-order valence-electron chi connectivity index (χ0n) is 9.93. The molecule has 1 aromatic carbocycles. The van der Waals surface area contributed by atoms with Crippen LogP contribution in [0.3, 0.4) is 0 Å². The Morgan fingerprint density at radius 2 is 2.00 bits per heavy atom. The van der Waals surface area contributed by atoms with Gasteiger partial charge in [-0.3, -0.25) is 4.68 Å². The molecular weight excluding hydrogens is 220 g/mol. The van der Waals surface area contributed by atoms with Crippen molar-refractivity contribution in [3.8, 4) is 23.1 Å². The molecule has 5 heteroatoms. The first-order valence-electron chi connectivity index (χ1n) is 5.04. The summed E-state index contributed by atoms with van der Waals surface area (Å²) >= 11 is 0. The summed E-state index contributed by atoms with van der Waals surface area (Å²) in [4.78, 5) is 0. The molecule has 0 fully saturated rings. The van der Waals surface area contributed by atoms with E-state index in [0.29, 0.717) is 23.1 Å². The van der Waals surface area contributed by atoms with Crippen LogP contribution in [0.2, 0.25) is 0 Å². The minimum absolute atomic E-state index is 0.457. The highest BCUT2D eigenvalue weighted by molar-refractivity contribution is 5.46. The summed E-state index contributed by atoms with van der Waals surface area (Å²) < 4.78 is 17.5. The van der Waals surface area contributed by atoms with Gasteiger partial charge in [-0.25, -0.2) is 0 Å². The van der Waals surface area contributed by atoms with Crippen LogP contribution in [-0.4, -0.2) is 24.0 Å². The summed E-state index contributed by atoms with van der Waals surface area (Å²) in [7, 11) is 4.95. The van der Waals surface area contributed by atoms with Crippen molar-refractivity contribution in [2.24, 2.45) is 7.05 Å². The molecule has 0 N–H and O–H groups in total. The van der Waals surface area contributed by atoms with Gasteiger partial charge in [-0.15, -0.1) is 5.10 Å². The Kier molecular flexibility index (Phi) is 3.18. The number of hydrogen-bond acceptors (Lipinski definition) is 4. The topological polar surface area (TPSA) is 45.5 Å². The third-order valence-corrected chi connectivity index (χ3v) is 2.21. The summed E-state index contributed by atoms with van der Waals surface area (Å²) in [5.41, 5.74) is 0. The van der Waals surface area contributed by atoms with Crippen LogP contribution < -0.4 is 14.2 Å². The number of hydrogen-bond donors (Lipinski definition) is 0. The molecule has 17 heavy (non-hydrogen) atoms. The molecule has 0 spiro atoms. The van der Waals surface area contributed by atoms with E-state index >= 15 is 0 Å². The van der Waals surface area contributed by atoms with Crippen LogP contribution >= 0.6 is 0 Å². The van der Waals surface area contributed by atoms with E-state index in [2.05, 4.69) is 11.3 Å². The molecule has 0 bridgehead atoms. The lowest BCUT2D eigenvalue weighted by molar-refractivity contribution is 0.365. The SMILES string of the molecule is COc1ccc(OC)c(Oc2c[c]n(C)n2)c1. The molecule has 2 aromatic rings. The maximum absolute atomic E-state index is 5.60. The van der Waals surface area contributed by atoms with Crippen molar-refractivity contribution in [2.45, 2.75) is 0 Å². The summed E-state index contributed by atoms with van der Waals surface area (Å²) in [6.45, 7) is 0. The van der Waals surface area contributed by atoms with E-state index in [0.717, 1.165) is 0 Å². The second kappa shape index (κ2) is 4.78. The van der Waals surface area contributed by atoms with E-state index < -0.39 is 0 Å². The largest absolute Gasteiger partial charge is 0.497 e. The fourth-order valence-corrected chi connectivity index (χ4v) is 1.38. The molecule has 5 nitrogen and oxygen atoms in total. The maximum atomic E-state index is 5.60. The lowest BCUT2D eigenvalue weighted by Gasteiger charge is -2.09. The molecule has 2 rings (SSSR count). The van der Waals surface area contributed by atoms with Crippen molar-refractivity contribution in [3.63, 3.8) is 0 Å². The molecule has 1 heterocycles. The third-order valence-electron chi connectivity index (χ3n) is 2.21. The number of ether oxygens (including phenoxy) is 3. The molecule has 0 atom stereocenters. The monoisotopic (exact) mass is 233 g/mol. The number of nitrogens with zero attached hydrogens (tertiary/aromatic N) is 2. The average Bonchev–Trinajstić information content (AvgIpc) is 2.74. The normalized spacial score (nSPS) is 10.1. The van der Waals surface area contributed by atoms with Gasteiger partial charge in [0, 0.05) is 19.2 Å². The highest BCUT2D eigenvalue weighted by atomic mass is 16.5. The fraction of sp³-hybridized carbons (Fsp3) is 0.250. The minimum Gasteiger partial charge on any atom is -0.497 e. The summed E-state index contributed by atoms with van der Waals surface area (Å²) in [5, 5.41) is 4.08. The predicted octanol–water partition coefficient (Wildman–Crippen LogP) is 2.03. The lowest BCUT2D eigenvalue weighted by Crippen LogP contribution is -1.93. The molecule has 0 saturated heterocycles. The van der Waals surface area contributed by atoms with Gasteiger partial charge < -0.3 is 14.2 Å². The van der Waals surface area contributed by atoms with Crippen molar-refractivity contribution < 1.29 is 14.2 Å². The Balaban J connectivity index is 2.29. The Morgan fingerprint density at radius 3 is 2.59 bits per heavy atom. The van der Waals surface area contributed by atoms with Gasteiger partial charge in [0.1, 0.15) is 5.75 Å². The smallest absolute Gasteiger partial charge is 0.239 e. The summed E-state index contributed by atoms with van der Waals surface area (Å²) in [6, 6.07) is 6.98. The van der Waals surface area contributed by atoms with Gasteiger partial charge >= 0.3 is 0 Å². The quantitative estimate of drug-likeness (QED) is 0.810. The van der Waals surface area contributed by atoms with E-state index in [9.17, 15) is 0 Å². The van der Waals surface area contributed by atoms with Gasteiger partial charge in [-0.1, -0.05) is 0 Å². The first-order chi connectivity index (χ1) is 8.22. The molecule has 1 radical (unpaired) electrons. The Hall–Kier alpha value is -2.17. The molecule has 0 aliphatic heterocycles. The Labute approximate surface area is 99.5 Å². The highest BCUT2D eigenvalue weighted by Crippen LogP contribution is 2.33. The van der Waals surface area contributed by atoms with Crippen LogP contribution in [0.1, 0.15) is 0 Å². The molecule has 0 aliphatic rings. The van der Waals surface area contributed by atoms with Crippen LogP contribution in [-0.2, 0) is 7.05 Å². The zero-order valence-corrected chi connectivity index (χ0v) is 9.93. The standard InChI is InChI=1S/C12H13N2O3/c1-14-7-6-12(13-14)17-11-8-9(15-2)4-5-10(11)16-3/h4-6,8H,1-3H3. The van der Waals surface area contributed by atoms with Crippen molar-refractivity contribution in [2.75, 3.05) is 14.2 Å². The van der Waals surface area contributed by atoms with Crippen LogP contribution in [0.4, 0.5) is 0 Å². The predicted molar refractivity (Wildman–Crippen MR) is 61.7 cm³/mol. The number of methoxy groups -OCH3 is 2. The first kappa shape index (κ1) is 11.3. The van der Waals surface area contributed by atoms with Crippen LogP contribution in [0.5, 0.6) is 23.1 Å². The number of aryl methyl sites for hydroxylation is 1. The minimum atomic E-state index is 0.457. The van der Waals surface area contributed by atoms with E-state index in [1.54, 1.807) is 50.2 Å². The van der Waals surface area contributed by atoms with E-state index in [1.165, 1.54) is 0 Å². The molecule has 1 aromatic heterocycles. The van der Waals surface area contributed by atoms with Gasteiger partial charge in [0.15, 0.2) is 11.5 Å². The summed E-state index contributed by atoms with van der Waals surface area (Å²) in [5.74, 6) is 2.33. The van der Waals surface area contributed by atoms with E-state index in [1.807, 2.05) is 0 Å². The highest BCUT2D eigenvalue weighted by Gasteiger charge is 2.09. The molecule has 0 saturated carbocycles. The van der Waals surface area contributed by atoms with E-state index in [4.69, 9.17) is 14.2 Å². The molecule has 0 aliphatic carbocycles. The Morgan fingerprint density at radius 1 is 1.18 bits per heavy atom. The van der Waals surface area contributed by atoms with Gasteiger partial charge in [0.2, 0.25) is 5.88 Å². The van der Waals surface area contributed by atoms with Crippen LogP contribution in [0, 0.1) is 6.20 Å². The van der Waals surface area contributed by atoms with Crippen molar-refractivity contribution in [3.05, 3.63) is 30.5 Å². The van der Waals surface area contributed by atoms with Gasteiger partial charge in [-0.05, 0) is 12.1 Å². The second-order valence-electron chi connectivity index (χ2n) is 3.35. The number of rotatable bonds is 4. The molecule has 0 unspecified atom stereocenters. The number of benzene rings is 1. The van der Waals surface area contributed by atoms with Crippen molar-refractivity contribution >= 4 is 0 Å². The second-order valence-corrected chi connectivity index (χ2v) is 3.35. The van der Waals surface area contributed by atoms with Gasteiger partial charge in [0.05, 0.1) is 20.4 Å².